The van der Waals surface area contributed by atoms with Gasteiger partial charge >= 0.3 is 6.09 Å². The van der Waals surface area contributed by atoms with Crippen molar-refractivity contribution in [2.45, 2.75) is 13.0 Å². The van der Waals surface area contributed by atoms with Crippen molar-refractivity contribution in [1.82, 2.24) is 9.80 Å². The van der Waals surface area contributed by atoms with Crippen molar-refractivity contribution in [2.75, 3.05) is 45.9 Å². The smallest absolute Gasteiger partial charge is 0.409 e. The summed E-state index contributed by atoms with van der Waals surface area (Å²) in [5.41, 5.74) is 0. The molecular weight excluding hydrogens is 364 g/mol. The highest BCUT2D eigenvalue weighted by atomic mass is 79.9. The summed E-state index contributed by atoms with van der Waals surface area (Å²) in [6, 6.07) is 7.56. The molecule has 6 nitrogen and oxygen atoms in total. The van der Waals surface area contributed by atoms with Gasteiger partial charge in [-0.05, 0) is 35.0 Å². The largest absolute Gasteiger partial charge is 0.490 e. The second-order valence-electron chi connectivity index (χ2n) is 5.38. The molecule has 1 aliphatic heterocycles. The fourth-order valence-corrected chi connectivity index (χ4v) is 2.83. The van der Waals surface area contributed by atoms with E-state index in [2.05, 4.69) is 20.8 Å². The van der Waals surface area contributed by atoms with E-state index >= 15 is 0 Å². The average molecular weight is 387 g/mol. The predicted octanol–water partition coefficient (Wildman–Crippen LogP) is 1.96. The highest BCUT2D eigenvalue weighted by molar-refractivity contribution is 9.10. The van der Waals surface area contributed by atoms with E-state index < -0.39 is 6.10 Å². The maximum Gasteiger partial charge on any atom is 0.409 e. The van der Waals surface area contributed by atoms with E-state index in [4.69, 9.17) is 9.47 Å². The lowest BCUT2D eigenvalue weighted by atomic mass is 10.2. The minimum atomic E-state index is -0.573. The summed E-state index contributed by atoms with van der Waals surface area (Å²) < 4.78 is 11.5. The third-order valence-corrected chi connectivity index (χ3v) is 4.29. The van der Waals surface area contributed by atoms with Crippen LogP contribution in [0, 0.1) is 0 Å². The van der Waals surface area contributed by atoms with E-state index in [0.717, 1.165) is 23.3 Å². The Labute approximate surface area is 145 Å². The van der Waals surface area contributed by atoms with Gasteiger partial charge in [0.15, 0.2) is 0 Å². The van der Waals surface area contributed by atoms with Crippen LogP contribution in [0.2, 0.25) is 0 Å². The quantitative estimate of drug-likeness (QED) is 0.809. The zero-order valence-electron chi connectivity index (χ0n) is 13.3. The number of ether oxygens (including phenoxy) is 2. The molecule has 1 amide bonds. The lowest BCUT2D eigenvalue weighted by molar-refractivity contribution is 0.0406. The van der Waals surface area contributed by atoms with Crippen molar-refractivity contribution in [3.63, 3.8) is 0 Å². The summed E-state index contributed by atoms with van der Waals surface area (Å²) in [6.07, 6.45) is -0.832. The van der Waals surface area contributed by atoms with Crippen LogP contribution < -0.4 is 4.74 Å². The summed E-state index contributed by atoms with van der Waals surface area (Å²) >= 11 is 3.41. The van der Waals surface area contributed by atoms with Gasteiger partial charge in [0.2, 0.25) is 0 Å². The highest BCUT2D eigenvalue weighted by Crippen LogP contribution is 2.23. The molecule has 1 aromatic carbocycles. The van der Waals surface area contributed by atoms with Crippen molar-refractivity contribution in [2.24, 2.45) is 0 Å². The number of aliphatic hydroxyl groups is 1. The number of nitrogens with zero attached hydrogens (tertiary/aromatic N) is 2. The summed E-state index contributed by atoms with van der Waals surface area (Å²) in [5.74, 6) is 0.721. The Morgan fingerprint density at radius 2 is 2.00 bits per heavy atom. The van der Waals surface area contributed by atoms with Crippen LogP contribution in [0.5, 0.6) is 5.75 Å². The van der Waals surface area contributed by atoms with E-state index in [0.29, 0.717) is 26.2 Å². The molecule has 1 saturated heterocycles. The van der Waals surface area contributed by atoms with Crippen LogP contribution in [0.25, 0.3) is 0 Å². The Hall–Kier alpha value is -1.31. The molecule has 0 saturated carbocycles. The van der Waals surface area contributed by atoms with E-state index in [-0.39, 0.29) is 12.7 Å². The van der Waals surface area contributed by atoms with Gasteiger partial charge in [-0.3, -0.25) is 4.90 Å². The van der Waals surface area contributed by atoms with E-state index in [1.807, 2.05) is 24.3 Å². The minimum absolute atomic E-state index is 0.237. The molecule has 128 valence electrons. The van der Waals surface area contributed by atoms with Crippen LogP contribution in [-0.4, -0.2) is 73.0 Å². The van der Waals surface area contributed by atoms with Gasteiger partial charge in [-0.2, -0.15) is 0 Å². The standard InChI is InChI=1S/C16H23BrN2O4/c1-2-22-16(21)19-9-7-18(8-10-19)11-13(20)12-23-15-6-4-3-5-14(15)17/h3-6,13,20H,2,7-12H2,1H3. The number of carbonyl (C=O) groups excluding carboxylic acids is 1. The first kappa shape index (κ1) is 18.0. The molecule has 1 fully saturated rings. The normalized spacial score (nSPS) is 16.9. The van der Waals surface area contributed by atoms with Gasteiger partial charge in [-0.15, -0.1) is 0 Å². The summed E-state index contributed by atoms with van der Waals surface area (Å²) in [5, 5.41) is 10.1. The Morgan fingerprint density at radius 1 is 1.30 bits per heavy atom. The molecule has 7 heteroatoms. The first-order valence-corrected chi connectivity index (χ1v) is 8.59. The number of benzene rings is 1. The van der Waals surface area contributed by atoms with E-state index in [1.54, 1.807) is 11.8 Å². The van der Waals surface area contributed by atoms with Crippen molar-refractivity contribution in [3.05, 3.63) is 28.7 Å². The van der Waals surface area contributed by atoms with Gasteiger partial charge < -0.3 is 19.5 Å². The molecule has 1 atom stereocenters. The first-order valence-electron chi connectivity index (χ1n) is 7.79. The Balaban J connectivity index is 1.69. The van der Waals surface area contributed by atoms with Crippen LogP contribution >= 0.6 is 15.9 Å². The molecule has 0 aliphatic carbocycles. The summed E-state index contributed by atoms with van der Waals surface area (Å²) in [4.78, 5) is 15.5. The van der Waals surface area contributed by atoms with Crippen LogP contribution in [-0.2, 0) is 4.74 Å². The average Bonchev–Trinajstić information content (AvgIpc) is 2.55. The molecule has 0 radical (unpaired) electrons. The molecule has 1 aromatic rings. The Bertz CT molecular complexity index is 507. The van der Waals surface area contributed by atoms with E-state index in [1.165, 1.54) is 0 Å². The van der Waals surface area contributed by atoms with Gasteiger partial charge in [-0.25, -0.2) is 4.79 Å². The third kappa shape index (κ3) is 5.67. The van der Waals surface area contributed by atoms with Crippen molar-refractivity contribution < 1.29 is 19.4 Å². The Kier molecular flexibility index (Phi) is 7.14. The fraction of sp³-hybridized carbons (Fsp3) is 0.562. The lowest BCUT2D eigenvalue weighted by Gasteiger charge is -2.34. The maximum atomic E-state index is 11.6. The van der Waals surface area contributed by atoms with E-state index in [9.17, 15) is 9.90 Å². The SMILES string of the molecule is CCOC(=O)N1CCN(CC(O)COc2ccccc2Br)CC1. The number of carbonyl (C=O) groups is 1. The summed E-state index contributed by atoms with van der Waals surface area (Å²) in [6.45, 7) is 5.66. The molecule has 0 aromatic heterocycles. The van der Waals surface area contributed by atoms with Crippen molar-refractivity contribution in [3.8, 4) is 5.75 Å². The zero-order chi connectivity index (χ0) is 16.7. The number of hydrogen-bond donors (Lipinski definition) is 1. The number of rotatable bonds is 6. The fourth-order valence-electron chi connectivity index (χ4n) is 2.43. The molecule has 1 unspecified atom stereocenters. The lowest BCUT2D eigenvalue weighted by Crippen LogP contribution is -2.51. The van der Waals surface area contributed by atoms with Gasteiger partial charge in [-0.1, -0.05) is 12.1 Å². The number of β-amino-alcohol motifs (C(OH)–C–C–N with tert-alkyl or cyclic N) is 1. The second kappa shape index (κ2) is 9.10. The number of amides is 1. The number of hydrogen-bond acceptors (Lipinski definition) is 5. The Morgan fingerprint density at radius 3 is 2.65 bits per heavy atom. The van der Waals surface area contributed by atoms with Crippen molar-refractivity contribution >= 4 is 22.0 Å². The van der Waals surface area contributed by atoms with Crippen molar-refractivity contribution in [1.29, 1.82) is 0 Å². The van der Waals surface area contributed by atoms with Gasteiger partial charge in [0.05, 0.1) is 11.1 Å². The molecular formula is C16H23BrN2O4. The number of aliphatic hydroxyl groups excluding tert-OH is 1. The van der Waals surface area contributed by atoms with Crippen LogP contribution in [0.3, 0.4) is 0 Å². The summed E-state index contributed by atoms with van der Waals surface area (Å²) in [7, 11) is 0. The monoisotopic (exact) mass is 386 g/mol. The molecule has 1 aliphatic rings. The third-order valence-electron chi connectivity index (χ3n) is 3.64. The second-order valence-corrected chi connectivity index (χ2v) is 6.24. The predicted molar refractivity (Wildman–Crippen MR) is 90.7 cm³/mol. The minimum Gasteiger partial charge on any atom is -0.490 e. The number of piperazine rings is 1. The number of halogens is 1. The molecule has 0 spiro atoms. The van der Waals surface area contributed by atoms with Crippen LogP contribution in [0.15, 0.2) is 28.7 Å². The van der Waals surface area contributed by atoms with Crippen LogP contribution in [0.4, 0.5) is 4.79 Å². The van der Waals surface area contributed by atoms with Crippen LogP contribution in [0.1, 0.15) is 6.92 Å². The van der Waals surface area contributed by atoms with Gasteiger partial charge in [0, 0.05) is 32.7 Å². The van der Waals surface area contributed by atoms with Gasteiger partial charge in [0.25, 0.3) is 0 Å². The topological polar surface area (TPSA) is 62.2 Å². The highest BCUT2D eigenvalue weighted by Gasteiger charge is 2.23. The zero-order valence-corrected chi connectivity index (χ0v) is 14.9. The number of para-hydroxylation sites is 1. The molecule has 0 bridgehead atoms. The van der Waals surface area contributed by atoms with Gasteiger partial charge in [0.1, 0.15) is 18.5 Å². The molecule has 23 heavy (non-hydrogen) atoms. The maximum absolute atomic E-state index is 11.6. The molecule has 1 N–H and O–H groups in total. The molecule has 1 heterocycles. The first-order chi connectivity index (χ1) is 11.1. The molecule has 2 rings (SSSR count).